The summed E-state index contributed by atoms with van der Waals surface area (Å²) in [5.41, 5.74) is -0.800. The van der Waals surface area contributed by atoms with E-state index in [1.807, 2.05) is 0 Å². The zero-order valence-corrected chi connectivity index (χ0v) is 13.3. The minimum Gasteiger partial charge on any atom is -0.342 e. The van der Waals surface area contributed by atoms with Crippen LogP contribution in [0.2, 0.25) is 0 Å². The molecule has 0 atom stereocenters. The van der Waals surface area contributed by atoms with E-state index >= 15 is 0 Å². The molecule has 1 aromatic rings. The summed E-state index contributed by atoms with van der Waals surface area (Å²) in [5, 5.41) is 0. The third kappa shape index (κ3) is 5.06. The summed E-state index contributed by atoms with van der Waals surface area (Å²) in [5.74, 6) is -1.85. The second-order valence-electron chi connectivity index (χ2n) is 5.51. The number of carbonyl (C=O) groups excluding carboxylic acids is 1. The Morgan fingerprint density at radius 1 is 1.12 bits per heavy atom. The Bertz CT molecular complexity index is 578. The van der Waals surface area contributed by atoms with Crippen molar-refractivity contribution >= 4 is 17.7 Å². The summed E-state index contributed by atoms with van der Waals surface area (Å²) in [7, 11) is 0. The third-order valence-electron chi connectivity index (χ3n) is 3.83. The summed E-state index contributed by atoms with van der Waals surface area (Å²) in [6, 6.07) is 4.61. The van der Waals surface area contributed by atoms with Crippen LogP contribution in [0.25, 0.3) is 0 Å². The number of hydrogen-bond acceptors (Lipinski definition) is 2. The Balaban J connectivity index is 1.86. The molecular formula is C15H15F6NOS. The van der Waals surface area contributed by atoms with Gasteiger partial charge < -0.3 is 4.90 Å². The van der Waals surface area contributed by atoms with Crippen LogP contribution >= 0.6 is 11.8 Å². The molecule has 0 N–H and O–H groups in total. The van der Waals surface area contributed by atoms with Crippen LogP contribution in [0, 0.1) is 5.92 Å². The van der Waals surface area contributed by atoms with E-state index < -0.39 is 23.8 Å². The molecule has 2 nitrogen and oxygen atoms in total. The fourth-order valence-corrected chi connectivity index (χ4v) is 3.31. The van der Waals surface area contributed by atoms with E-state index in [-0.39, 0.29) is 37.6 Å². The fourth-order valence-electron chi connectivity index (χ4n) is 2.45. The van der Waals surface area contributed by atoms with Crippen molar-refractivity contribution in [3.8, 4) is 0 Å². The molecule has 1 aromatic carbocycles. The summed E-state index contributed by atoms with van der Waals surface area (Å²) < 4.78 is 75.6. The Morgan fingerprint density at radius 3 is 2.29 bits per heavy atom. The van der Waals surface area contributed by atoms with Gasteiger partial charge in [-0.3, -0.25) is 4.79 Å². The average Bonchev–Trinajstić information content (AvgIpc) is 2.51. The lowest BCUT2D eigenvalue weighted by atomic mass is 9.96. The number of rotatable bonds is 3. The highest BCUT2D eigenvalue weighted by Crippen LogP contribution is 2.35. The number of nitrogens with zero attached hydrogens (tertiary/aromatic N) is 1. The van der Waals surface area contributed by atoms with Gasteiger partial charge in [-0.2, -0.15) is 26.3 Å². The Hall–Kier alpha value is -1.38. The van der Waals surface area contributed by atoms with Crippen molar-refractivity contribution in [3.05, 3.63) is 29.8 Å². The highest BCUT2D eigenvalue weighted by Gasteiger charge is 2.41. The second kappa shape index (κ2) is 7.25. The Labute approximate surface area is 139 Å². The minimum atomic E-state index is -4.46. The van der Waals surface area contributed by atoms with Crippen LogP contribution in [-0.2, 0) is 11.0 Å². The van der Waals surface area contributed by atoms with Crippen LogP contribution < -0.4 is 0 Å². The van der Waals surface area contributed by atoms with Crippen molar-refractivity contribution in [2.75, 3.05) is 18.8 Å². The van der Waals surface area contributed by atoms with Crippen LogP contribution in [-0.4, -0.2) is 35.8 Å². The summed E-state index contributed by atoms with van der Waals surface area (Å²) in [6.45, 7) is 0.0400. The molecule has 0 aromatic heterocycles. The lowest BCUT2D eigenvalue weighted by Gasteiger charge is -2.32. The van der Waals surface area contributed by atoms with Crippen LogP contribution in [0.15, 0.2) is 29.2 Å². The standard InChI is InChI=1S/C15H15F6NOS/c16-14(17,18)10-4-6-22(7-5-10)13(23)9-24-12-3-1-2-11(8-12)15(19,20)21/h1-3,8,10H,4-7,9H2. The number of thioether (sulfide) groups is 1. The third-order valence-corrected chi connectivity index (χ3v) is 4.81. The predicted molar refractivity (Wildman–Crippen MR) is 77.5 cm³/mol. The molecular weight excluding hydrogens is 356 g/mol. The van der Waals surface area contributed by atoms with Crippen molar-refractivity contribution in [2.24, 2.45) is 5.92 Å². The van der Waals surface area contributed by atoms with Gasteiger partial charge in [0.05, 0.1) is 17.2 Å². The van der Waals surface area contributed by atoms with Gasteiger partial charge in [0.2, 0.25) is 5.91 Å². The number of alkyl halides is 6. The first-order chi connectivity index (χ1) is 11.1. The smallest absolute Gasteiger partial charge is 0.342 e. The molecule has 1 aliphatic heterocycles. The Morgan fingerprint density at radius 2 is 1.75 bits per heavy atom. The molecule has 9 heteroatoms. The first kappa shape index (κ1) is 19.0. The molecule has 0 radical (unpaired) electrons. The molecule has 1 amide bonds. The van der Waals surface area contributed by atoms with E-state index in [0.29, 0.717) is 4.90 Å². The maximum Gasteiger partial charge on any atom is 0.416 e. The van der Waals surface area contributed by atoms with Crippen molar-refractivity contribution in [1.82, 2.24) is 4.90 Å². The number of likely N-dealkylation sites (tertiary alicyclic amines) is 1. The minimum absolute atomic E-state index is 0.0200. The molecule has 24 heavy (non-hydrogen) atoms. The monoisotopic (exact) mass is 371 g/mol. The van der Waals surface area contributed by atoms with Crippen molar-refractivity contribution in [1.29, 1.82) is 0 Å². The molecule has 0 bridgehead atoms. The van der Waals surface area contributed by atoms with Crippen molar-refractivity contribution in [2.45, 2.75) is 30.1 Å². The zero-order valence-electron chi connectivity index (χ0n) is 12.5. The molecule has 1 heterocycles. The van der Waals surface area contributed by atoms with E-state index in [1.165, 1.54) is 17.0 Å². The Kier molecular flexibility index (Phi) is 5.72. The molecule has 2 rings (SSSR count). The fraction of sp³-hybridized carbons (Fsp3) is 0.533. The van der Waals surface area contributed by atoms with Gasteiger partial charge in [-0.15, -0.1) is 11.8 Å². The van der Waals surface area contributed by atoms with Gasteiger partial charge in [0.25, 0.3) is 0 Å². The predicted octanol–water partition coefficient (Wildman–Crippen LogP) is 4.60. The number of piperidine rings is 1. The molecule has 1 fully saturated rings. The molecule has 1 aliphatic rings. The van der Waals surface area contributed by atoms with E-state index in [4.69, 9.17) is 0 Å². The van der Waals surface area contributed by atoms with Gasteiger partial charge in [0.15, 0.2) is 0 Å². The lowest BCUT2D eigenvalue weighted by molar-refractivity contribution is -0.186. The topological polar surface area (TPSA) is 20.3 Å². The number of halogens is 6. The van der Waals surface area contributed by atoms with Crippen LogP contribution in [0.1, 0.15) is 18.4 Å². The lowest BCUT2D eigenvalue weighted by Crippen LogP contribution is -2.42. The molecule has 1 saturated heterocycles. The van der Waals surface area contributed by atoms with E-state index in [0.717, 1.165) is 23.9 Å². The largest absolute Gasteiger partial charge is 0.416 e. The first-order valence-corrected chi connectivity index (χ1v) is 8.20. The molecule has 134 valence electrons. The molecule has 0 aliphatic carbocycles. The summed E-state index contributed by atoms with van der Waals surface area (Å²) in [6.07, 6.45) is -8.98. The zero-order chi connectivity index (χ0) is 18.0. The van der Waals surface area contributed by atoms with Crippen LogP contribution in [0.5, 0.6) is 0 Å². The molecule has 0 saturated carbocycles. The summed E-state index contributed by atoms with van der Waals surface area (Å²) >= 11 is 0.945. The number of benzene rings is 1. The normalized spacial score (nSPS) is 17.2. The van der Waals surface area contributed by atoms with Gasteiger partial charge >= 0.3 is 12.4 Å². The van der Waals surface area contributed by atoms with Crippen molar-refractivity contribution in [3.63, 3.8) is 0 Å². The molecule has 0 unspecified atom stereocenters. The van der Waals surface area contributed by atoms with Gasteiger partial charge in [-0.1, -0.05) is 6.07 Å². The number of hydrogen-bond donors (Lipinski definition) is 0. The van der Waals surface area contributed by atoms with Crippen LogP contribution in [0.4, 0.5) is 26.3 Å². The number of carbonyl (C=O) groups is 1. The van der Waals surface area contributed by atoms with Gasteiger partial charge in [-0.25, -0.2) is 0 Å². The van der Waals surface area contributed by atoms with E-state index in [1.54, 1.807) is 0 Å². The van der Waals surface area contributed by atoms with Gasteiger partial charge in [0.1, 0.15) is 0 Å². The second-order valence-corrected chi connectivity index (χ2v) is 6.56. The summed E-state index contributed by atoms with van der Waals surface area (Å²) in [4.78, 5) is 13.6. The maximum absolute atomic E-state index is 12.6. The first-order valence-electron chi connectivity index (χ1n) is 7.22. The maximum atomic E-state index is 12.6. The van der Waals surface area contributed by atoms with Crippen LogP contribution in [0.3, 0.4) is 0 Å². The SMILES string of the molecule is O=C(CSc1cccc(C(F)(F)F)c1)N1CCC(C(F)(F)F)CC1. The number of amides is 1. The highest BCUT2D eigenvalue weighted by atomic mass is 32.2. The van der Waals surface area contributed by atoms with E-state index in [2.05, 4.69) is 0 Å². The highest BCUT2D eigenvalue weighted by molar-refractivity contribution is 8.00. The van der Waals surface area contributed by atoms with E-state index in [9.17, 15) is 31.1 Å². The average molecular weight is 371 g/mol. The van der Waals surface area contributed by atoms with Gasteiger partial charge in [-0.05, 0) is 31.0 Å². The molecule has 0 spiro atoms. The van der Waals surface area contributed by atoms with Crippen molar-refractivity contribution < 1.29 is 31.1 Å². The van der Waals surface area contributed by atoms with Gasteiger partial charge in [0, 0.05) is 18.0 Å². The quantitative estimate of drug-likeness (QED) is 0.572.